The first-order chi connectivity index (χ1) is 15.9. The first-order valence-corrected chi connectivity index (χ1v) is 12.1. The molecule has 0 bridgehead atoms. The highest BCUT2D eigenvalue weighted by Gasteiger charge is 2.32. The van der Waals surface area contributed by atoms with Gasteiger partial charge in [0.2, 0.25) is 5.91 Å². The Morgan fingerprint density at radius 1 is 1.15 bits per heavy atom. The maximum atomic E-state index is 12.0. The van der Waals surface area contributed by atoms with Crippen molar-refractivity contribution in [2.75, 3.05) is 39.8 Å². The number of amides is 1. The molecule has 0 radical (unpaired) electrons. The van der Waals surface area contributed by atoms with Gasteiger partial charge >= 0.3 is 0 Å². The van der Waals surface area contributed by atoms with Crippen LogP contribution in [0.15, 0.2) is 42.5 Å². The van der Waals surface area contributed by atoms with Crippen molar-refractivity contribution >= 4 is 17.5 Å². The number of hydrogen-bond donors (Lipinski definition) is 1. The minimum Gasteiger partial charge on any atom is -0.494 e. The third-order valence-corrected chi connectivity index (χ3v) is 6.82. The molecule has 3 unspecified atom stereocenters. The van der Waals surface area contributed by atoms with E-state index in [1.54, 1.807) is 4.90 Å². The predicted molar refractivity (Wildman–Crippen MR) is 129 cm³/mol. The molecule has 0 aromatic heterocycles. The molecular weight excluding hydrogens is 440 g/mol. The van der Waals surface area contributed by atoms with Gasteiger partial charge in [-0.25, -0.2) is 0 Å². The largest absolute Gasteiger partial charge is 0.494 e. The molecule has 2 aromatic carbocycles. The molecule has 7 heteroatoms. The van der Waals surface area contributed by atoms with Gasteiger partial charge < -0.3 is 19.5 Å². The smallest absolute Gasteiger partial charge is 0.236 e. The monoisotopic (exact) mass is 472 g/mol. The second-order valence-electron chi connectivity index (χ2n) is 9.03. The molecule has 6 nitrogen and oxygen atoms in total. The van der Waals surface area contributed by atoms with Gasteiger partial charge in [0.25, 0.3) is 0 Å². The Hall–Kier alpha value is -2.12. The van der Waals surface area contributed by atoms with Crippen molar-refractivity contribution in [1.29, 1.82) is 0 Å². The molecule has 1 amide bonds. The molecule has 0 aliphatic carbocycles. The van der Waals surface area contributed by atoms with Gasteiger partial charge in [0, 0.05) is 44.5 Å². The number of nitrogens with zero attached hydrogens (tertiary/aromatic N) is 2. The minimum atomic E-state index is -0.429. The lowest BCUT2D eigenvalue weighted by molar-refractivity contribution is -0.138. The summed E-state index contributed by atoms with van der Waals surface area (Å²) in [6, 6.07) is 14.1. The summed E-state index contributed by atoms with van der Waals surface area (Å²) in [6.45, 7) is 5.23. The molecule has 1 N–H and O–H groups in total. The van der Waals surface area contributed by atoms with Gasteiger partial charge in [-0.2, -0.15) is 0 Å². The molecule has 2 aliphatic heterocycles. The van der Waals surface area contributed by atoms with E-state index in [1.165, 1.54) is 0 Å². The zero-order chi connectivity index (χ0) is 23.4. The number of carbonyl (C=O) groups is 1. The van der Waals surface area contributed by atoms with Crippen LogP contribution in [0, 0.1) is 0 Å². The van der Waals surface area contributed by atoms with Gasteiger partial charge in [-0.15, -0.1) is 0 Å². The van der Waals surface area contributed by atoms with Gasteiger partial charge in [-0.05, 0) is 48.2 Å². The quantitative estimate of drug-likeness (QED) is 0.666. The van der Waals surface area contributed by atoms with E-state index in [4.69, 9.17) is 21.1 Å². The maximum Gasteiger partial charge on any atom is 0.236 e. The average Bonchev–Trinajstić information content (AvgIpc) is 2.79. The normalized spacial score (nSPS) is 24.2. The van der Waals surface area contributed by atoms with Gasteiger partial charge in [0.15, 0.2) is 0 Å². The van der Waals surface area contributed by atoms with Crippen molar-refractivity contribution in [2.45, 2.75) is 44.5 Å². The predicted octanol–water partition coefficient (Wildman–Crippen LogP) is 3.68. The van der Waals surface area contributed by atoms with Crippen LogP contribution in [0.3, 0.4) is 0 Å². The molecule has 2 fully saturated rings. The van der Waals surface area contributed by atoms with Gasteiger partial charge in [0.1, 0.15) is 5.75 Å². The lowest BCUT2D eigenvalue weighted by Crippen LogP contribution is -2.51. The number of ether oxygens (including phenoxy) is 2. The highest BCUT2D eigenvalue weighted by atomic mass is 35.5. The van der Waals surface area contributed by atoms with E-state index in [0.29, 0.717) is 39.0 Å². The SMILES string of the molecule is CCOc1ccc(Cc2cc(C3CC(O)CC(CN4CCN(C)C(=O)C4)O3)ccc2Cl)cc1. The average molecular weight is 473 g/mol. The fourth-order valence-corrected chi connectivity index (χ4v) is 4.78. The number of hydrogen-bond acceptors (Lipinski definition) is 5. The van der Waals surface area contributed by atoms with Crippen molar-refractivity contribution in [1.82, 2.24) is 9.80 Å². The molecule has 2 aromatic rings. The Morgan fingerprint density at radius 2 is 1.94 bits per heavy atom. The van der Waals surface area contributed by atoms with Crippen LogP contribution in [0.4, 0.5) is 0 Å². The Balaban J connectivity index is 1.43. The highest BCUT2D eigenvalue weighted by molar-refractivity contribution is 6.31. The second-order valence-corrected chi connectivity index (χ2v) is 9.43. The molecule has 4 rings (SSSR count). The van der Waals surface area contributed by atoms with Crippen LogP contribution in [0.25, 0.3) is 0 Å². The summed E-state index contributed by atoms with van der Waals surface area (Å²) in [5.74, 6) is 0.990. The summed E-state index contributed by atoms with van der Waals surface area (Å²) in [6.07, 6.45) is 1.12. The fraction of sp³-hybridized carbons (Fsp3) is 0.500. The highest BCUT2D eigenvalue weighted by Crippen LogP contribution is 2.34. The van der Waals surface area contributed by atoms with E-state index in [9.17, 15) is 9.90 Å². The number of carbonyl (C=O) groups excluding carboxylic acids is 1. The lowest BCUT2D eigenvalue weighted by atomic mass is 9.93. The number of halogens is 1. The number of aliphatic hydroxyl groups is 1. The summed E-state index contributed by atoms with van der Waals surface area (Å²) >= 11 is 6.52. The Bertz CT molecular complexity index is 952. The van der Waals surface area contributed by atoms with E-state index in [1.807, 2.05) is 38.2 Å². The van der Waals surface area contributed by atoms with E-state index >= 15 is 0 Å². The summed E-state index contributed by atoms with van der Waals surface area (Å²) < 4.78 is 11.9. The topological polar surface area (TPSA) is 62.2 Å². The Labute approximate surface area is 201 Å². The summed E-state index contributed by atoms with van der Waals surface area (Å²) in [5, 5.41) is 11.3. The molecule has 0 saturated carbocycles. The number of likely N-dealkylation sites (N-methyl/N-ethyl adjacent to an activating group) is 1. The Kier molecular flexibility index (Phi) is 7.91. The van der Waals surface area contributed by atoms with Gasteiger partial charge in [-0.3, -0.25) is 9.69 Å². The summed E-state index contributed by atoms with van der Waals surface area (Å²) in [5.41, 5.74) is 3.21. The first-order valence-electron chi connectivity index (χ1n) is 11.7. The van der Waals surface area contributed by atoms with Crippen molar-refractivity contribution in [3.8, 4) is 5.75 Å². The van der Waals surface area contributed by atoms with Crippen LogP contribution in [-0.4, -0.2) is 72.9 Å². The fourth-order valence-electron chi connectivity index (χ4n) is 4.59. The van der Waals surface area contributed by atoms with Crippen LogP contribution in [0.5, 0.6) is 5.75 Å². The standard InChI is InChI=1S/C26H33ClN2O4/c1-3-32-22-7-4-18(5-8-22)12-20-13-19(6-9-24(20)27)25-15-21(30)14-23(33-25)16-29-11-10-28(2)26(31)17-29/h4-9,13,21,23,25,30H,3,10-12,14-17H2,1-2H3. The molecule has 2 aliphatic rings. The molecule has 33 heavy (non-hydrogen) atoms. The van der Waals surface area contributed by atoms with Crippen LogP contribution < -0.4 is 4.74 Å². The van der Waals surface area contributed by atoms with Crippen molar-refractivity contribution in [3.63, 3.8) is 0 Å². The molecule has 2 heterocycles. The maximum absolute atomic E-state index is 12.0. The molecular formula is C26H33ClN2O4. The van der Waals surface area contributed by atoms with Crippen LogP contribution >= 0.6 is 11.6 Å². The van der Waals surface area contributed by atoms with Crippen LogP contribution in [-0.2, 0) is 16.0 Å². The molecule has 178 valence electrons. The van der Waals surface area contributed by atoms with E-state index in [2.05, 4.69) is 23.1 Å². The zero-order valence-electron chi connectivity index (χ0n) is 19.4. The van der Waals surface area contributed by atoms with Crippen LogP contribution in [0.1, 0.15) is 42.6 Å². The number of benzene rings is 2. The zero-order valence-corrected chi connectivity index (χ0v) is 20.1. The third kappa shape index (κ3) is 6.27. The van der Waals surface area contributed by atoms with Crippen LogP contribution in [0.2, 0.25) is 5.02 Å². The summed E-state index contributed by atoms with van der Waals surface area (Å²) in [7, 11) is 1.84. The molecule has 3 atom stereocenters. The third-order valence-electron chi connectivity index (χ3n) is 6.45. The van der Waals surface area contributed by atoms with Crippen molar-refractivity contribution < 1.29 is 19.4 Å². The van der Waals surface area contributed by atoms with Gasteiger partial charge in [0.05, 0.1) is 31.5 Å². The number of rotatable bonds is 7. The number of piperazine rings is 1. The van der Waals surface area contributed by atoms with Crippen molar-refractivity contribution in [3.05, 3.63) is 64.2 Å². The first kappa shape index (κ1) is 24.0. The second kappa shape index (κ2) is 10.9. The summed E-state index contributed by atoms with van der Waals surface area (Å²) in [4.78, 5) is 15.9. The Morgan fingerprint density at radius 3 is 2.67 bits per heavy atom. The number of aliphatic hydroxyl groups excluding tert-OH is 1. The molecule has 0 spiro atoms. The lowest BCUT2D eigenvalue weighted by Gasteiger charge is -2.38. The van der Waals surface area contributed by atoms with Crippen molar-refractivity contribution in [2.24, 2.45) is 0 Å². The van der Waals surface area contributed by atoms with E-state index in [-0.39, 0.29) is 18.1 Å². The van der Waals surface area contributed by atoms with Gasteiger partial charge in [-0.1, -0.05) is 35.9 Å². The molecule has 2 saturated heterocycles. The minimum absolute atomic E-state index is 0.111. The van der Waals surface area contributed by atoms with E-state index < -0.39 is 6.10 Å². The van der Waals surface area contributed by atoms with E-state index in [0.717, 1.165) is 40.6 Å².